The number of carbonyl (C=O) groups excluding carboxylic acids is 3. The highest BCUT2D eigenvalue weighted by Crippen LogP contribution is 2.46. The van der Waals surface area contributed by atoms with E-state index < -0.39 is 5.91 Å². The van der Waals surface area contributed by atoms with Gasteiger partial charge in [0, 0.05) is 24.2 Å². The van der Waals surface area contributed by atoms with Crippen molar-refractivity contribution in [3.63, 3.8) is 0 Å². The highest BCUT2D eigenvalue weighted by Gasteiger charge is 2.45. The monoisotopic (exact) mass is 460 g/mol. The van der Waals surface area contributed by atoms with Crippen LogP contribution in [0.5, 0.6) is 0 Å². The predicted molar refractivity (Wildman–Crippen MR) is 129 cm³/mol. The second kappa shape index (κ2) is 8.59. The van der Waals surface area contributed by atoms with Crippen LogP contribution in [0.3, 0.4) is 0 Å². The van der Waals surface area contributed by atoms with Crippen molar-refractivity contribution in [1.82, 2.24) is 9.88 Å². The normalized spacial score (nSPS) is 22.4. The molecule has 1 aromatic carbocycles. The Morgan fingerprint density at radius 3 is 2.52 bits per heavy atom. The largest absolute Gasteiger partial charge is 0.283 e. The van der Waals surface area contributed by atoms with Crippen LogP contribution in [0.4, 0.5) is 11.5 Å². The minimum absolute atomic E-state index is 0.0380. The van der Waals surface area contributed by atoms with Gasteiger partial charge < -0.3 is 0 Å². The van der Waals surface area contributed by atoms with E-state index in [0.717, 1.165) is 42.7 Å². The lowest BCUT2D eigenvalue weighted by Crippen LogP contribution is -2.40. The fraction of sp³-hybridized carbons (Fsp3) is 0.320. The number of hydrogen-bond donors (Lipinski definition) is 0. The summed E-state index contributed by atoms with van der Waals surface area (Å²) < 4.78 is 0. The number of para-hydroxylation sites is 1. The SMILES string of the molecule is CC(=O)N1C(=O)/C(=C2\S/C(=N/c3cccc(C)n3)N(C3CCCCC3)C2=O)c2ccccc21. The Hall–Kier alpha value is -3.26. The second-order valence-electron chi connectivity index (χ2n) is 8.48. The van der Waals surface area contributed by atoms with Gasteiger partial charge >= 0.3 is 0 Å². The van der Waals surface area contributed by atoms with Crippen LogP contribution in [0.15, 0.2) is 52.4 Å². The number of anilines is 1. The maximum atomic E-state index is 13.8. The van der Waals surface area contributed by atoms with Crippen LogP contribution in [-0.4, -0.2) is 38.8 Å². The molecule has 2 aliphatic heterocycles. The second-order valence-corrected chi connectivity index (χ2v) is 9.46. The summed E-state index contributed by atoms with van der Waals surface area (Å²) in [5.74, 6) is -0.527. The molecule has 2 fully saturated rings. The molecule has 0 atom stereocenters. The third-order valence-electron chi connectivity index (χ3n) is 6.21. The van der Waals surface area contributed by atoms with Gasteiger partial charge in [-0.15, -0.1) is 0 Å². The zero-order valence-corrected chi connectivity index (χ0v) is 19.4. The summed E-state index contributed by atoms with van der Waals surface area (Å²) in [6, 6.07) is 12.7. The summed E-state index contributed by atoms with van der Waals surface area (Å²) in [6.45, 7) is 3.25. The van der Waals surface area contributed by atoms with Crippen molar-refractivity contribution in [3.05, 3.63) is 58.6 Å². The Balaban J connectivity index is 1.65. The van der Waals surface area contributed by atoms with Crippen molar-refractivity contribution in [1.29, 1.82) is 0 Å². The minimum atomic E-state index is -0.460. The molecule has 0 radical (unpaired) electrons. The summed E-state index contributed by atoms with van der Waals surface area (Å²) in [4.78, 5) is 51.8. The first kappa shape index (κ1) is 21.6. The number of rotatable bonds is 2. The van der Waals surface area contributed by atoms with E-state index in [1.54, 1.807) is 23.1 Å². The van der Waals surface area contributed by atoms with Crippen LogP contribution in [-0.2, 0) is 14.4 Å². The van der Waals surface area contributed by atoms with Crippen molar-refractivity contribution >= 4 is 51.7 Å². The summed E-state index contributed by atoms with van der Waals surface area (Å²) in [6.07, 6.45) is 5.07. The van der Waals surface area contributed by atoms with E-state index in [1.807, 2.05) is 31.2 Å². The van der Waals surface area contributed by atoms with E-state index in [4.69, 9.17) is 4.99 Å². The third kappa shape index (κ3) is 3.78. The zero-order valence-electron chi connectivity index (χ0n) is 18.6. The molecule has 0 N–H and O–H groups in total. The topological polar surface area (TPSA) is 82.9 Å². The molecule has 0 bridgehead atoms. The maximum Gasteiger partial charge on any atom is 0.267 e. The van der Waals surface area contributed by atoms with Crippen LogP contribution in [0.25, 0.3) is 5.57 Å². The number of nitrogens with zero attached hydrogens (tertiary/aromatic N) is 4. The standard InChI is InChI=1S/C25H24N4O3S/c1-15-9-8-14-20(26-15)27-25-29(17-10-4-3-5-11-17)24(32)22(33-25)21-18-12-6-7-13-19(18)28(16(2)30)23(21)31/h6-9,12-14,17H,3-5,10-11H2,1-2H3/b22-21-,27-25+. The molecule has 3 amide bonds. The Kier molecular flexibility index (Phi) is 5.62. The van der Waals surface area contributed by atoms with Gasteiger partial charge in [0.15, 0.2) is 11.0 Å². The summed E-state index contributed by atoms with van der Waals surface area (Å²) >= 11 is 1.21. The fourth-order valence-corrected chi connectivity index (χ4v) is 5.85. The highest BCUT2D eigenvalue weighted by molar-refractivity contribution is 8.18. The molecule has 1 saturated carbocycles. The van der Waals surface area contributed by atoms with Crippen LogP contribution < -0.4 is 4.90 Å². The number of aromatic nitrogens is 1. The summed E-state index contributed by atoms with van der Waals surface area (Å²) in [5.41, 5.74) is 2.23. The highest BCUT2D eigenvalue weighted by atomic mass is 32.2. The van der Waals surface area contributed by atoms with Gasteiger partial charge in [-0.2, -0.15) is 0 Å². The lowest BCUT2D eigenvalue weighted by molar-refractivity contribution is -0.125. The third-order valence-corrected chi connectivity index (χ3v) is 7.26. The van der Waals surface area contributed by atoms with E-state index in [2.05, 4.69) is 4.98 Å². The molecule has 3 heterocycles. The number of fused-ring (bicyclic) bond motifs is 1. The van der Waals surface area contributed by atoms with Crippen LogP contribution in [0.2, 0.25) is 0 Å². The van der Waals surface area contributed by atoms with Gasteiger partial charge in [-0.05, 0) is 49.7 Å². The molecular formula is C25H24N4O3S. The van der Waals surface area contributed by atoms with Gasteiger partial charge in [-0.1, -0.05) is 43.5 Å². The first-order chi connectivity index (χ1) is 16.0. The number of benzene rings is 1. The molecule has 8 heteroatoms. The number of pyridine rings is 1. The molecule has 1 saturated heterocycles. The molecule has 1 aromatic heterocycles. The van der Waals surface area contributed by atoms with Gasteiger partial charge in [0.25, 0.3) is 11.8 Å². The van der Waals surface area contributed by atoms with Crippen molar-refractivity contribution in [2.24, 2.45) is 4.99 Å². The van der Waals surface area contributed by atoms with E-state index in [0.29, 0.717) is 27.1 Å². The molecule has 0 spiro atoms. The van der Waals surface area contributed by atoms with E-state index in [1.165, 1.54) is 18.7 Å². The number of thioether (sulfide) groups is 1. The summed E-state index contributed by atoms with van der Waals surface area (Å²) in [5, 5.41) is 0.541. The first-order valence-electron chi connectivity index (χ1n) is 11.2. The Labute approximate surface area is 196 Å². The number of hydrogen-bond acceptors (Lipinski definition) is 6. The number of amidine groups is 1. The van der Waals surface area contributed by atoms with Gasteiger partial charge in [-0.3, -0.25) is 19.3 Å². The van der Waals surface area contributed by atoms with Gasteiger partial charge in [0.2, 0.25) is 5.91 Å². The lowest BCUT2D eigenvalue weighted by Gasteiger charge is -2.30. The predicted octanol–water partition coefficient (Wildman–Crippen LogP) is 4.59. The summed E-state index contributed by atoms with van der Waals surface area (Å²) in [7, 11) is 0. The zero-order chi connectivity index (χ0) is 23.1. The van der Waals surface area contributed by atoms with Gasteiger partial charge in [0.1, 0.15) is 0 Å². The van der Waals surface area contributed by atoms with Gasteiger partial charge in [-0.25, -0.2) is 14.9 Å². The molecule has 5 rings (SSSR count). The van der Waals surface area contributed by atoms with Crippen LogP contribution in [0.1, 0.15) is 50.3 Å². The fourth-order valence-electron chi connectivity index (χ4n) is 4.71. The van der Waals surface area contributed by atoms with Crippen molar-refractivity contribution in [2.75, 3.05) is 4.90 Å². The quantitative estimate of drug-likeness (QED) is 0.612. The lowest BCUT2D eigenvalue weighted by atomic mass is 9.94. The van der Waals surface area contributed by atoms with E-state index in [-0.39, 0.29) is 23.4 Å². The number of imide groups is 1. The van der Waals surface area contributed by atoms with Crippen molar-refractivity contribution < 1.29 is 14.4 Å². The smallest absolute Gasteiger partial charge is 0.267 e. The van der Waals surface area contributed by atoms with Crippen molar-refractivity contribution in [2.45, 2.75) is 52.0 Å². The number of amides is 3. The van der Waals surface area contributed by atoms with E-state index in [9.17, 15) is 14.4 Å². The minimum Gasteiger partial charge on any atom is -0.283 e. The molecule has 2 aromatic rings. The Morgan fingerprint density at radius 1 is 1.03 bits per heavy atom. The molecule has 33 heavy (non-hydrogen) atoms. The molecule has 3 aliphatic rings. The first-order valence-corrected chi connectivity index (χ1v) is 12.0. The molecule has 7 nitrogen and oxygen atoms in total. The van der Waals surface area contributed by atoms with E-state index >= 15 is 0 Å². The Morgan fingerprint density at radius 2 is 1.79 bits per heavy atom. The molecular weight excluding hydrogens is 436 g/mol. The van der Waals surface area contributed by atoms with Crippen LogP contribution >= 0.6 is 11.8 Å². The molecule has 1 aliphatic carbocycles. The number of aryl methyl sites for hydroxylation is 1. The van der Waals surface area contributed by atoms with Crippen LogP contribution in [0, 0.1) is 6.92 Å². The van der Waals surface area contributed by atoms with Crippen molar-refractivity contribution in [3.8, 4) is 0 Å². The molecule has 168 valence electrons. The number of carbonyl (C=O) groups is 3. The number of aliphatic imine (C=N–C) groups is 1. The van der Waals surface area contributed by atoms with Gasteiger partial charge in [0.05, 0.1) is 16.2 Å². The average molecular weight is 461 g/mol. The average Bonchev–Trinajstić information content (AvgIpc) is 3.27. The molecule has 0 unspecified atom stereocenters. The maximum absolute atomic E-state index is 13.8. The Bertz CT molecular complexity index is 1230.